The Morgan fingerprint density at radius 3 is 2.17 bits per heavy atom. The summed E-state index contributed by atoms with van der Waals surface area (Å²) in [5.74, 6) is 0. The maximum Gasteiger partial charge on any atom is 0.0700 e. The van der Waals surface area contributed by atoms with E-state index in [1.54, 1.807) is 7.11 Å². The summed E-state index contributed by atoms with van der Waals surface area (Å²) in [6.45, 7) is 4.14. The molecule has 0 aliphatic rings. The molecule has 3 heteroatoms. The minimum absolute atomic E-state index is 0.191. The lowest BCUT2D eigenvalue weighted by molar-refractivity contribution is 0.0454. The Hall–Kier alpha value is -0.120. The number of unbranched alkanes of at least 4 members (excludes halogenated alkanes) is 6. The third kappa shape index (κ3) is 13.9. The first kappa shape index (κ1) is 17.9. The molecule has 110 valence electrons. The highest BCUT2D eigenvalue weighted by Crippen LogP contribution is 2.10. The molecule has 0 fully saturated rings. The molecule has 0 heterocycles. The highest BCUT2D eigenvalue weighted by molar-refractivity contribution is 4.56. The van der Waals surface area contributed by atoms with E-state index in [1.165, 1.54) is 38.5 Å². The van der Waals surface area contributed by atoms with E-state index in [0.717, 1.165) is 19.3 Å². The van der Waals surface area contributed by atoms with E-state index >= 15 is 0 Å². The molecule has 18 heavy (non-hydrogen) atoms. The normalized spacial score (nSPS) is 12.8. The number of hydrogen-bond acceptors (Lipinski definition) is 3. The first-order valence-corrected chi connectivity index (χ1v) is 7.56. The summed E-state index contributed by atoms with van der Waals surface area (Å²) in [5, 5.41) is 9.74. The minimum atomic E-state index is -0.191. The SMILES string of the molecule is CCCCCCCCCC(O)CCOCCOC. The van der Waals surface area contributed by atoms with Gasteiger partial charge in [0.05, 0.1) is 19.3 Å². The summed E-state index contributed by atoms with van der Waals surface area (Å²) in [7, 11) is 1.67. The van der Waals surface area contributed by atoms with E-state index in [-0.39, 0.29) is 6.10 Å². The number of aliphatic hydroxyl groups excluding tert-OH is 1. The van der Waals surface area contributed by atoms with Gasteiger partial charge in [0.25, 0.3) is 0 Å². The summed E-state index contributed by atoms with van der Waals surface area (Å²) in [4.78, 5) is 0. The van der Waals surface area contributed by atoms with Gasteiger partial charge in [-0.25, -0.2) is 0 Å². The zero-order valence-corrected chi connectivity index (χ0v) is 12.3. The van der Waals surface area contributed by atoms with Crippen LogP contribution in [-0.4, -0.2) is 38.1 Å². The maximum absolute atomic E-state index is 9.74. The largest absolute Gasteiger partial charge is 0.393 e. The summed E-state index contributed by atoms with van der Waals surface area (Å²) < 4.78 is 10.2. The molecule has 0 aromatic heterocycles. The molecule has 3 nitrogen and oxygen atoms in total. The van der Waals surface area contributed by atoms with Crippen LogP contribution in [0.4, 0.5) is 0 Å². The summed E-state index contributed by atoms with van der Waals surface area (Å²) in [5.41, 5.74) is 0. The third-order valence-electron chi connectivity index (χ3n) is 3.17. The molecule has 0 aliphatic carbocycles. The fourth-order valence-electron chi connectivity index (χ4n) is 1.95. The van der Waals surface area contributed by atoms with Gasteiger partial charge < -0.3 is 14.6 Å². The van der Waals surface area contributed by atoms with Crippen LogP contribution in [0, 0.1) is 0 Å². The van der Waals surface area contributed by atoms with Gasteiger partial charge in [0.1, 0.15) is 0 Å². The number of hydrogen-bond donors (Lipinski definition) is 1. The van der Waals surface area contributed by atoms with Crippen molar-refractivity contribution in [3.05, 3.63) is 0 Å². The van der Waals surface area contributed by atoms with Crippen LogP contribution in [0.15, 0.2) is 0 Å². The summed E-state index contributed by atoms with van der Waals surface area (Å²) in [6, 6.07) is 0. The number of methoxy groups -OCH3 is 1. The zero-order chi connectivity index (χ0) is 13.5. The second-order valence-electron chi connectivity index (χ2n) is 4.96. The standard InChI is InChI=1S/C15H32O3/c1-3-4-5-6-7-8-9-10-15(16)11-12-18-14-13-17-2/h15-16H,3-14H2,1-2H3. The second kappa shape index (κ2) is 14.9. The first-order chi connectivity index (χ1) is 8.81. The van der Waals surface area contributed by atoms with Gasteiger partial charge >= 0.3 is 0 Å². The van der Waals surface area contributed by atoms with Crippen molar-refractivity contribution in [2.75, 3.05) is 26.9 Å². The van der Waals surface area contributed by atoms with Crippen LogP contribution in [0.25, 0.3) is 0 Å². The second-order valence-corrected chi connectivity index (χ2v) is 4.96. The van der Waals surface area contributed by atoms with E-state index in [9.17, 15) is 5.11 Å². The smallest absolute Gasteiger partial charge is 0.0700 e. The Morgan fingerprint density at radius 2 is 1.50 bits per heavy atom. The van der Waals surface area contributed by atoms with Crippen LogP contribution < -0.4 is 0 Å². The molecular weight excluding hydrogens is 228 g/mol. The van der Waals surface area contributed by atoms with Crippen LogP contribution in [0.1, 0.15) is 64.7 Å². The van der Waals surface area contributed by atoms with Gasteiger partial charge in [-0.15, -0.1) is 0 Å². The van der Waals surface area contributed by atoms with Crippen LogP contribution in [-0.2, 0) is 9.47 Å². The molecule has 0 radical (unpaired) electrons. The Kier molecular flexibility index (Phi) is 14.8. The van der Waals surface area contributed by atoms with Crippen molar-refractivity contribution in [1.29, 1.82) is 0 Å². The van der Waals surface area contributed by atoms with E-state index < -0.39 is 0 Å². The molecule has 0 spiro atoms. The van der Waals surface area contributed by atoms with Crippen molar-refractivity contribution < 1.29 is 14.6 Å². The fourth-order valence-corrected chi connectivity index (χ4v) is 1.95. The quantitative estimate of drug-likeness (QED) is 0.485. The lowest BCUT2D eigenvalue weighted by atomic mass is 10.1. The summed E-state index contributed by atoms with van der Waals surface area (Å²) >= 11 is 0. The predicted octanol–water partition coefficient (Wildman–Crippen LogP) is 3.54. The molecule has 1 atom stereocenters. The van der Waals surface area contributed by atoms with Gasteiger partial charge in [-0.1, -0.05) is 51.9 Å². The Bertz CT molecular complexity index is 151. The van der Waals surface area contributed by atoms with Crippen molar-refractivity contribution in [1.82, 2.24) is 0 Å². The monoisotopic (exact) mass is 260 g/mol. The molecule has 0 aromatic rings. The highest BCUT2D eigenvalue weighted by atomic mass is 16.5. The van der Waals surface area contributed by atoms with Crippen LogP contribution in [0.2, 0.25) is 0 Å². The molecular formula is C15H32O3. The molecule has 0 bridgehead atoms. The minimum Gasteiger partial charge on any atom is -0.393 e. The zero-order valence-electron chi connectivity index (χ0n) is 12.3. The summed E-state index contributed by atoms with van der Waals surface area (Å²) in [6.07, 6.45) is 10.6. The molecule has 0 amide bonds. The fraction of sp³-hybridized carbons (Fsp3) is 1.00. The lowest BCUT2D eigenvalue weighted by Gasteiger charge is -2.10. The van der Waals surface area contributed by atoms with E-state index in [4.69, 9.17) is 9.47 Å². The van der Waals surface area contributed by atoms with Crippen LogP contribution in [0.3, 0.4) is 0 Å². The Balaban J connectivity index is 3.09. The van der Waals surface area contributed by atoms with Crippen molar-refractivity contribution >= 4 is 0 Å². The van der Waals surface area contributed by atoms with Gasteiger partial charge in [-0.3, -0.25) is 0 Å². The first-order valence-electron chi connectivity index (χ1n) is 7.56. The van der Waals surface area contributed by atoms with Gasteiger partial charge in [0.15, 0.2) is 0 Å². The van der Waals surface area contributed by atoms with Crippen molar-refractivity contribution in [3.63, 3.8) is 0 Å². The topological polar surface area (TPSA) is 38.7 Å². The average Bonchev–Trinajstić information content (AvgIpc) is 2.37. The Labute approximate surface area is 113 Å². The number of rotatable bonds is 14. The molecule has 1 N–H and O–H groups in total. The van der Waals surface area contributed by atoms with Crippen molar-refractivity contribution in [3.8, 4) is 0 Å². The van der Waals surface area contributed by atoms with E-state index in [0.29, 0.717) is 19.8 Å². The molecule has 0 aromatic carbocycles. The number of aliphatic hydroxyl groups is 1. The molecule has 0 saturated heterocycles. The number of ether oxygens (including phenoxy) is 2. The molecule has 1 unspecified atom stereocenters. The van der Waals surface area contributed by atoms with Gasteiger partial charge in [-0.05, 0) is 12.8 Å². The van der Waals surface area contributed by atoms with Crippen LogP contribution in [0.5, 0.6) is 0 Å². The third-order valence-corrected chi connectivity index (χ3v) is 3.17. The van der Waals surface area contributed by atoms with Gasteiger partial charge in [0.2, 0.25) is 0 Å². The van der Waals surface area contributed by atoms with Gasteiger partial charge in [0, 0.05) is 13.7 Å². The lowest BCUT2D eigenvalue weighted by Crippen LogP contribution is -2.12. The molecule has 0 rings (SSSR count). The average molecular weight is 260 g/mol. The van der Waals surface area contributed by atoms with E-state index in [1.807, 2.05) is 0 Å². The Morgan fingerprint density at radius 1 is 0.833 bits per heavy atom. The maximum atomic E-state index is 9.74. The molecule has 0 aliphatic heterocycles. The van der Waals surface area contributed by atoms with Crippen LogP contribution >= 0.6 is 0 Å². The van der Waals surface area contributed by atoms with Gasteiger partial charge in [-0.2, -0.15) is 0 Å². The molecule has 0 saturated carbocycles. The predicted molar refractivity (Wildman–Crippen MR) is 75.9 cm³/mol. The van der Waals surface area contributed by atoms with Crippen molar-refractivity contribution in [2.24, 2.45) is 0 Å². The highest BCUT2D eigenvalue weighted by Gasteiger charge is 2.03. The van der Waals surface area contributed by atoms with Crippen molar-refractivity contribution in [2.45, 2.75) is 70.8 Å². The van der Waals surface area contributed by atoms with E-state index in [2.05, 4.69) is 6.92 Å².